The molecule has 11 nitrogen and oxygen atoms in total. The summed E-state index contributed by atoms with van der Waals surface area (Å²) in [6, 6.07) is -1.10. The number of carbonyl (C=O) groups is 1. The molecule has 2 aliphatic rings. The molecule has 0 aliphatic carbocycles. The zero-order chi connectivity index (χ0) is 20.4. The molecular weight excluding hydrogens is 417 g/mol. The first-order valence-corrected chi connectivity index (χ1v) is 10.3. The predicted molar refractivity (Wildman–Crippen MR) is 95.9 cm³/mol. The highest BCUT2D eigenvalue weighted by molar-refractivity contribution is 7.90. The number of hydrazone groups is 1. The van der Waals surface area contributed by atoms with Crippen molar-refractivity contribution in [1.29, 1.82) is 0 Å². The molecule has 1 saturated heterocycles. The lowest BCUT2D eigenvalue weighted by Crippen LogP contribution is -2.53. The predicted octanol–water partition coefficient (Wildman–Crippen LogP) is 0.504. The summed E-state index contributed by atoms with van der Waals surface area (Å²) in [6.07, 6.45) is 1.57. The van der Waals surface area contributed by atoms with E-state index in [-0.39, 0.29) is 29.6 Å². The molecule has 14 heteroatoms. The van der Waals surface area contributed by atoms with Gasteiger partial charge in [-0.2, -0.15) is 11.3 Å². The average Bonchev–Trinajstić information content (AvgIpc) is 3.30. The number of amides is 2. The van der Waals surface area contributed by atoms with E-state index in [1.807, 2.05) is 4.72 Å². The number of alkyl halides is 1. The SMILES string of the molecule is COC1=NN(NC(=O)NS(=O)(=O)c2cscc2C2(CF)OCCO2)NC(C)=C1. The van der Waals surface area contributed by atoms with Gasteiger partial charge >= 0.3 is 6.03 Å². The van der Waals surface area contributed by atoms with Gasteiger partial charge in [0.15, 0.2) is 0 Å². The summed E-state index contributed by atoms with van der Waals surface area (Å²) in [5.41, 5.74) is 5.46. The van der Waals surface area contributed by atoms with Gasteiger partial charge in [0.25, 0.3) is 10.0 Å². The van der Waals surface area contributed by atoms with Gasteiger partial charge in [0, 0.05) is 28.1 Å². The molecule has 0 spiro atoms. The van der Waals surface area contributed by atoms with Crippen molar-refractivity contribution in [2.45, 2.75) is 17.6 Å². The van der Waals surface area contributed by atoms with Gasteiger partial charge in [0.2, 0.25) is 11.7 Å². The van der Waals surface area contributed by atoms with E-state index in [2.05, 4.69) is 16.0 Å². The Labute approximate surface area is 164 Å². The van der Waals surface area contributed by atoms with Crippen LogP contribution in [-0.4, -0.2) is 52.6 Å². The molecule has 0 aromatic carbocycles. The Balaban J connectivity index is 1.75. The van der Waals surface area contributed by atoms with Crippen molar-refractivity contribution in [3.05, 3.63) is 28.1 Å². The first-order valence-electron chi connectivity index (χ1n) is 7.91. The molecule has 154 valence electrons. The van der Waals surface area contributed by atoms with Crippen LogP contribution in [0.3, 0.4) is 0 Å². The number of thiophene rings is 1. The number of methoxy groups -OCH3 is 1. The van der Waals surface area contributed by atoms with Crippen molar-refractivity contribution < 1.29 is 31.8 Å². The highest BCUT2D eigenvalue weighted by Gasteiger charge is 2.43. The van der Waals surface area contributed by atoms with Crippen molar-refractivity contribution in [3.8, 4) is 0 Å². The van der Waals surface area contributed by atoms with E-state index in [9.17, 15) is 17.6 Å². The number of urea groups is 1. The summed E-state index contributed by atoms with van der Waals surface area (Å²) in [4.78, 5) is 11.9. The Kier molecular flexibility index (Phi) is 5.74. The first kappa shape index (κ1) is 20.3. The molecule has 1 aromatic heterocycles. The maximum absolute atomic E-state index is 13.6. The Hall–Kier alpha value is -2.42. The second-order valence-corrected chi connectivity index (χ2v) is 8.07. The third-order valence-electron chi connectivity index (χ3n) is 3.72. The fourth-order valence-corrected chi connectivity index (χ4v) is 4.93. The van der Waals surface area contributed by atoms with Crippen molar-refractivity contribution >= 4 is 33.3 Å². The second-order valence-electron chi connectivity index (χ2n) is 5.67. The summed E-state index contributed by atoms with van der Waals surface area (Å²) >= 11 is 1.01. The van der Waals surface area contributed by atoms with Crippen LogP contribution in [-0.2, 0) is 30.0 Å². The number of ether oxygens (including phenoxy) is 3. The number of halogens is 1. The Bertz CT molecular complexity index is 909. The minimum atomic E-state index is -4.34. The minimum absolute atomic E-state index is 0.00707. The number of hydrazine groups is 2. The highest BCUT2D eigenvalue weighted by Crippen LogP contribution is 2.38. The van der Waals surface area contributed by atoms with E-state index in [1.165, 1.54) is 17.9 Å². The maximum atomic E-state index is 13.6. The third kappa shape index (κ3) is 4.04. The summed E-state index contributed by atoms with van der Waals surface area (Å²) in [5.74, 6) is -1.60. The summed E-state index contributed by atoms with van der Waals surface area (Å²) in [5, 5.41) is 7.44. The molecule has 3 N–H and O–H groups in total. The number of nitrogens with zero attached hydrogens (tertiary/aromatic N) is 2. The monoisotopic (exact) mass is 435 g/mol. The van der Waals surface area contributed by atoms with Gasteiger partial charge in [-0.15, -0.1) is 5.23 Å². The largest absolute Gasteiger partial charge is 0.480 e. The summed E-state index contributed by atoms with van der Waals surface area (Å²) in [7, 11) is -2.95. The number of nitrogens with one attached hydrogen (secondary N) is 3. The Morgan fingerprint density at radius 2 is 2.18 bits per heavy atom. The quantitative estimate of drug-likeness (QED) is 0.610. The van der Waals surface area contributed by atoms with Crippen LogP contribution in [0.4, 0.5) is 9.18 Å². The van der Waals surface area contributed by atoms with Crippen molar-refractivity contribution in [2.75, 3.05) is 27.0 Å². The molecule has 0 atom stereocenters. The van der Waals surface area contributed by atoms with Gasteiger partial charge in [-0.1, -0.05) is 5.10 Å². The number of hydrogen-bond donors (Lipinski definition) is 3. The number of allylic oxidation sites excluding steroid dienone is 1. The number of hydrogen-bond acceptors (Lipinski definition) is 10. The zero-order valence-corrected chi connectivity index (χ0v) is 16.5. The molecular formula is C14H18FN5O6S2. The molecule has 0 radical (unpaired) electrons. The maximum Gasteiger partial charge on any atom is 0.350 e. The molecule has 3 heterocycles. The Morgan fingerprint density at radius 3 is 2.82 bits per heavy atom. The number of sulfonamides is 1. The fourth-order valence-electron chi connectivity index (χ4n) is 2.52. The van der Waals surface area contributed by atoms with Crippen LogP contribution in [0, 0.1) is 0 Å². The lowest BCUT2D eigenvalue weighted by atomic mass is 10.1. The van der Waals surface area contributed by atoms with Crippen molar-refractivity contribution in [3.63, 3.8) is 0 Å². The van der Waals surface area contributed by atoms with Crippen LogP contribution in [0.5, 0.6) is 0 Å². The van der Waals surface area contributed by atoms with Crippen molar-refractivity contribution in [2.24, 2.45) is 5.10 Å². The number of carbonyl (C=O) groups excluding carboxylic acids is 1. The molecule has 0 bridgehead atoms. The third-order valence-corrected chi connectivity index (χ3v) is 5.98. The molecule has 2 aliphatic heterocycles. The van der Waals surface area contributed by atoms with Gasteiger partial charge in [-0.25, -0.2) is 27.8 Å². The van der Waals surface area contributed by atoms with Gasteiger partial charge < -0.3 is 14.2 Å². The molecule has 1 fully saturated rings. The van der Waals surface area contributed by atoms with Crippen LogP contribution in [0.2, 0.25) is 0 Å². The molecule has 0 unspecified atom stereocenters. The lowest BCUT2D eigenvalue weighted by molar-refractivity contribution is -0.178. The van der Waals surface area contributed by atoms with Crippen LogP contribution in [0.25, 0.3) is 0 Å². The number of rotatable bonds is 5. The molecule has 0 saturated carbocycles. The Morgan fingerprint density at radius 1 is 1.46 bits per heavy atom. The summed E-state index contributed by atoms with van der Waals surface area (Å²) in [6.45, 7) is 0.865. The molecule has 28 heavy (non-hydrogen) atoms. The smallest absolute Gasteiger partial charge is 0.350 e. The van der Waals surface area contributed by atoms with E-state index in [4.69, 9.17) is 14.2 Å². The second kappa shape index (κ2) is 7.90. The average molecular weight is 435 g/mol. The summed E-state index contributed by atoms with van der Waals surface area (Å²) < 4.78 is 56.3. The van der Waals surface area contributed by atoms with E-state index in [1.54, 1.807) is 13.0 Å². The van der Waals surface area contributed by atoms with Crippen LogP contribution in [0.1, 0.15) is 12.5 Å². The van der Waals surface area contributed by atoms with Gasteiger partial charge in [0.1, 0.15) is 11.6 Å². The van der Waals surface area contributed by atoms with Crippen molar-refractivity contribution in [1.82, 2.24) is 20.8 Å². The zero-order valence-electron chi connectivity index (χ0n) is 14.9. The van der Waals surface area contributed by atoms with Crippen LogP contribution >= 0.6 is 11.3 Å². The highest BCUT2D eigenvalue weighted by atomic mass is 32.2. The lowest BCUT2D eigenvalue weighted by Gasteiger charge is -2.26. The molecule has 2 amide bonds. The molecule has 3 rings (SSSR count). The van der Waals surface area contributed by atoms with Crippen LogP contribution in [0.15, 0.2) is 32.5 Å². The topological polar surface area (TPSA) is 131 Å². The van der Waals surface area contributed by atoms with E-state index in [0.717, 1.165) is 16.6 Å². The van der Waals surface area contributed by atoms with Gasteiger partial charge in [-0.3, -0.25) is 5.43 Å². The standard InChI is InChI=1S/C14H18FN5O6S2/c1-9-5-12(24-2)17-20(16-9)18-13(21)19-28(22,23)11-7-27-6-10(11)14(8-15)25-3-4-26-14/h5-7,16H,3-4,8H2,1-2H3,(H2,18,19,21). The van der Waals surface area contributed by atoms with Gasteiger partial charge in [0.05, 0.1) is 20.3 Å². The van der Waals surface area contributed by atoms with Crippen LogP contribution < -0.4 is 15.6 Å². The molecule has 1 aromatic rings. The van der Waals surface area contributed by atoms with Gasteiger partial charge in [-0.05, 0) is 6.92 Å². The first-order chi connectivity index (χ1) is 13.3. The minimum Gasteiger partial charge on any atom is -0.480 e. The van der Waals surface area contributed by atoms with E-state index >= 15 is 0 Å². The van der Waals surface area contributed by atoms with E-state index < -0.39 is 28.5 Å². The normalized spacial score (nSPS) is 18.8. The fraction of sp³-hybridized carbons (Fsp3) is 0.429. The van der Waals surface area contributed by atoms with E-state index in [0.29, 0.717) is 5.70 Å².